The van der Waals surface area contributed by atoms with Gasteiger partial charge in [0.15, 0.2) is 4.96 Å². The lowest BCUT2D eigenvalue weighted by Crippen LogP contribution is -2.14. The monoisotopic (exact) mass is 528 g/mol. The standard InChI is InChI=1S/C34H28N2S2/c1-24(2)38(27-13-5-3-6-14-27,28-15-7-4-8-16-28)29-17-11-12-25(22-29)26-20-21-33-32(23-26)36-31-19-10-9-18-30(31)35-34(36)37-33/h3-24H,1-2H3. The van der Waals surface area contributed by atoms with Crippen molar-refractivity contribution in [2.75, 3.05) is 0 Å². The van der Waals surface area contributed by atoms with E-state index < -0.39 is 10.0 Å². The molecule has 0 aliphatic heterocycles. The van der Waals surface area contributed by atoms with Gasteiger partial charge in [-0.1, -0.05) is 91.9 Å². The lowest BCUT2D eigenvalue weighted by molar-refractivity contribution is 1.05. The Morgan fingerprint density at radius 2 is 1.24 bits per heavy atom. The van der Waals surface area contributed by atoms with Crippen molar-refractivity contribution in [3.8, 4) is 11.1 Å². The summed E-state index contributed by atoms with van der Waals surface area (Å²) in [7, 11) is -1.48. The molecule has 0 amide bonds. The highest BCUT2D eigenvalue weighted by Crippen LogP contribution is 2.71. The molecule has 2 aromatic heterocycles. The molecule has 0 fully saturated rings. The lowest BCUT2D eigenvalue weighted by Gasteiger charge is -2.45. The van der Waals surface area contributed by atoms with Crippen LogP contribution < -0.4 is 0 Å². The zero-order valence-electron chi connectivity index (χ0n) is 21.4. The summed E-state index contributed by atoms with van der Waals surface area (Å²) < 4.78 is 3.56. The van der Waals surface area contributed by atoms with E-state index in [1.807, 2.05) is 0 Å². The smallest absolute Gasteiger partial charge is 0.195 e. The van der Waals surface area contributed by atoms with Crippen LogP contribution in [0.1, 0.15) is 13.8 Å². The van der Waals surface area contributed by atoms with Crippen molar-refractivity contribution in [3.63, 3.8) is 0 Å². The summed E-state index contributed by atoms with van der Waals surface area (Å²) in [6, 6.07) is 46.7. The van der Waals surface area contributed by atoms with Crippen LogP contribution in [0.2, 0.25) is 0 Å². The molecular weight excluding hydrogens is 501 g/mol. The minimum Gasteiger partial charge on any atom is -0.283 e. The molecule has 0 spiro atoms. The van der Waals surface area contributed by atoms with Crippen LogP contribution in [0.5, 0.6) is 0 Å². The Bertz CT molecular complexity index is 1860. The third-order valence-corrected chi connectivity index (χ3v) is 12.9. The molecule has 2 nitrogen and oxygen atoms in total. The largest absolute Gasteiger partial charge is 0.283 e. The first-order valence-electron chi connectivity index (χ1n) is 13.0. The van der Waals surface area contributed by atoms with E-state index in [-0.39, 0.29) is 0 Å². The van der Waals surface area contributed by atoms with Crippen molar-refractivity contribution >= 4 is 47.6 Å². The van der Waals surface area contributed by atoms with Gasteiger partial charge in [-0.15, -0.1) is 0 Å². The normalized spacial score (nSPS) is 12.6. The maximum Gasteiger partial charge on any atom is 0.195 e. The summed E-state index contributed by atoms with van der Waals surface area (Å²) in [6.07, 6.45) is 0. The van der Waals surface area contributed by atoms with Crippen molar-refractivity contribution in [1.29, 1.82) is 0 Å². The molecule has 2 heterocycles. The molecule has 5 aromatic carbocycles. The first-order chi connectivity index (χ1) is 18.7. The van der Waals surface area contributed by atoms with Crippen molar-refractivity contribution in [3.05, 3.63) is 127 Å². The zero-order chi connectivity index (χ0) is 25.7. The van der Waals surface area contributed by atoms with E-state index in [0.29, 0.717) is 5.25 Å². The SMILES string of the molecule is CC(C)S(c1ccccc1)(c1ccccc1)c1cccc(-c2ccc3sc4nc5ccccc5n4c3c2)c1. The second kappa shape index (κ2) is 9.16. The first-order valence-corrected chi connectivity index (χ1v) is 15.5. The number of hydrogen-bond donors (Lipinski definition) is 0. The summed E-state index contributed by atoms with van der Waals surface area (Å²) in [4.78, 5) is 10.1. The number of aromatic nitrogens is 2. The Morgan fingerprint density at radius 3 is 1.95 bits per heavy atom. The van der Waals surface area contributed by atoms with E-state index in [2.05, 4.69) is 146 Å². The molecule has 0 atom stereocenters. The molecule has 7 aromatic rings. The zero-order valence-corrected chi connectivity index (χ0v) is 23.0. The van der Waals surface area contributed by atoms with Gasteiger partial charge < -0.3 is 0 Å². The molecule has 0 radical (unpaired) electrons. The highest BCUT2D eigenvalue weighted by molar-refractivity contribution is 8.34. The third-order valence-electron chi connectivity index (χ3n) is 7.41. The molecule has 186 valence electrons. The number of rotatable bonds is 5. The maximum absolute atomic E-state index is 4.87. The number of nitrogens with zero attached hydrogens (tertiary/aromatic N) is 2. The third kappa shape index (κ3) is 3.52. The molecule has 4 heteroatoms. The van der Waals surface area contributed by atoms with E-state index in [0.717, 1.165) is 16.0 Å². The quantitative estimate of drug-likeness (QED) is 0.217. The predicted octanol–water partition coefficient (Wildman–Crippen LogP) is 10.1. The van der Waals surface area contributed by atoms with Gasteiger partial charge >= 0.3 is 0 Å². The topological polar surface area (TPSA) is 17.3 Å². The van der Waals surface area contributed by atoms with Crippen LogP contribution in [0.4, 0.5) is 0 Å². The number of hydrogen-bond acceptors (Lipinski definition) is 2. The van der Waals surface area contributed by atoms with E-state index in [9.17, 15) is 0 Å². The number of thiazole rings is 1. The highest BCUT2D eigenvalue weighted by atomic mass is 32.3. The summed E-state index contributed by atoms with van der Waals surface area (Å²) in [5.41, 5.74) is 5.91. The molecule has 0 saturated heterocycles. The van der Waals surface area contributed by atoms with Gasteiger partial charge in [0.2, 0.25) is 0 Å². The molecule has 0 aliphatic carbocycles. The van der Waals surface area contributed by atoms with Gasteiger partial charge in [0.25, 0.3) is 0 Å². The Balaban J connectivity index is 1.45. The second-order valence-electron chi connectivity index (χ2n) is 9.87. The second-order valence-corrected chi connectivity index (χ2v) is 14.6. The molecule has 38 heavy (non-hydrogen) atoms. The van der Waals surface area contributed by atoms with Crippen LogP contribution >= 0.6 is 21.4 Å². The first kappa shape index (κ1) is 23.3. The molecule has 0 unspecified atom stereocenters. The van der Waals surface area contributed by atoms with Gasteiger partial charge in [-0.25, -0.2) is 4.98 Å². The van der Waals surface area contributed by atoms with Gasteiger partial charge in [-0.05, 0) is 91.7 Å². The minimum atomic E-state index is -1.48. The average molecular weight is 529 g/mol. The predicted molar refractivity (Wildman–Crippen MR) is 164 cm³/mol. The van der Waals surface area contributed by atoms with Gasteiger partial charge in [0, 0.05) is 0 Å². The van der Waals surface area contributed by atoms with E-state index in [1.165, 1.54) is 36.0 Å². The fourth-order valence-corrected chi connectivity index (χ4v) is 11.0. The molecule has 0 bridgehead atoms. The molecule has 0 N–H and O–H groups in total. The van der Waals surface area contributed by atoms with E-state index in [4.69, 9.17) is 4.98 Å². The van der Waals surface area contributed by atoms with E-state index in [1.54, 1.807) is 11.3 Å². The van der Waals surface area contributed by atoms with Crippen molar-refractivity contribution in [2.24, 2.45) is 0 Å². The van der Waals surface area contributed by atoms with E-state index >= 15 is 0 Å². The van der Waals surface area contributed by atoms with Crippen LogP contribution in [-0.4, -0.2) is 14.6 Å². The van der Waals surface area contributed by atoms with Crippen molar-refractivity contribution in [1.82, 2.24) is 9.38 Å². The molecule has 0 aliphatic rings. The number of benzene rings is 5. The van der Waals surface area contributed by atoms with Crippen LogP contribution in [0.3, 0.4) is 0 Å². The van der Waals surface area contributed by atoms with Crippen LogP contribution in [0.15, 0.2) is 142 Å². The Morgan fingerprint density at radius 1 is 0.605 bits per heavy atom. The maximum atomic E-state index is 4.87. The number of para-hydroxylation sites is 2. The Labute approximate surface area is 228 Å². The van der Waals surface area contributed by atoms with Crippen LogP contribution in [0.25, 0.3) is 37.3 Å². The fourth-order valence-electron chi connectivity index (χ4n) is 5.73. The van der Waals surface area contributed by atoms with Crippen molar-refractivity contribution in [2.45, 2.75) is 33.8 Å². The summed E-state index contributed by atoms with van der Waals surface area (Å²) >= 11 is 1.75. The highest BCUT2D eigenvalue weighted by Gasteiger charge is 2.34. The number of fused-ring (bicyclic) bond motifs is 5. The van der Waals surface area contributed by atoms with Crippen molar-refractivity contribution < 1.29 is 0 Å². The average Bonchev–Trinajstić information content (AvgIpc) is 3.50. The Kier molecular flexibility index (Phi) is 5.61. The van der Waals surface area contributed by atoms with Gasteiger partial charge in [-0.3, -0.25) is 4.40 Å². The minimum absolute atomic E-state index is 0.429. The summed E-state index contributed by atoms with van der Waals surface area (Å²) in [5, 5.41) is 0.429. The summed E-state index contributed by atoms with van der Waals surface area (Å²) in [6.45, 7) is 4.75. The van der Waals surface area contributed by atoms with Gasteiger partial charge in [0.1, 0.15) is 0 Å². The van der Waals surface area contributed by atoms with Crippen LogP contribution in [0, 0.1) is 0 Å². The fraction of sp³-hybridized carbons (Fsp3) is 0.0882. The summed E-state index contributed by atoms with van der Waals surface area (Å²) in [5.74, 6) is 0. The number of imidazole rings is 1. The van der Waals surface area contributed by atoms with Crippen LogP contribution in [-0.2, 0) is 0 Å². The van der Waals surface area contributed by atoms with Gasteiger partial charge in [0.05, 0.1) is 21.3 Å². The molecule has 7 rings (SSSR count). The molecule has 0 saturated carbocycles. The van der Waals surface area contributed by atoms with Gasteiger partial charge in [-0.2, -0.15) is 10.0 Å². The molecular formula is C34H28N2S2. The Hall–Kier alpha value is -3.86. The lowest BCUT2D eigenvalue weighted by atomic mass is 10.1.